The fraction of sp³-hybridized carbons (Fsp3) is 0.118. The number of benzene rings is 2. The fourth-order valence-corrected chi connectivity index (χ4v) is 2.90. The van der Waals surface area contributed by atoms with E-state index < -0.39 is 10.8 Å². The first-order valence-electron chi connectivity index (χ1n) is 7.40. The number of nitrogens with one attached hydrogen (secondary N) is 1. The van der Waals surface area contributed by atoms with E-state index in [2.05, 4.69) is 5.32 Å². The minimum atomic E-state index is -0.771. The Morgan fingerprint density at radius 3 is 2.50 bits per heavy atom. The highest BCUT2D eigenvalue weighted by Gasteiger charge is 2.18. The average Bonchev–Trinajstić information content (AvgIpc) is 2.59. The number of nitro benzene ring substituents is 1. The van der Waals surface area contributed by atoms with Crippen molar-refractivity contribution in [2.75, 3.05) is 11.1 Å². The maximum atomic E-state index is 12.1. The van der Waals surface area contributed by atoms with E-state index in [1.165, 1.54) is 19.1 Å². The van der Waals surface area contributed by atoms with Crippen molar-refractivity contribution in [3.8, 4) is 0 Å². The first-order valence-corrected chi connectivity index (χ1v) is 8.38. The third-order valence-corrected chi connectivity index (χ3v) is 4.41. The molecular formula is C17H15N3O5S. The molecule has 0 radical (unpaired) electrons. The van der Waals surface area contributed by atoms with Crippen molar-refractivity contribution in [1.82, 2.24) is 0 Å². The smallest absolute Gasteiger partial charge is 0.283 e. The molecule has 0 spiro atoms. The topological polar surface area (TPSA) is 132 Å². The molecule has 3 N–H and O–H groups in total. The molecule has 0 heterocycles. The van der Waals surface area contributed by atoms with Gasteiger partial charge in [0.1, 0.15) is 0 Å². The minimum Gasteiger partial charge on any atom is -0.366 e. The van der Waals surface area contributed by atoms with E-state index in [-0.39, 0.29) is 33.6 Å². The van der Waals surface area contributed by atoms with Crippen LogP contribution in [-0.4, -0.2) is 28.3 Å². The Morgan fingerprint density at radius 1 is 1.15 bits per heavy atom. The molecule has 0 atom stereocenters. The largest absolute Gasteiger partial charge is 0.366 e. The lowest BCUT2D eigenvalue weighted by molar-refractivity contribution is -0.387. The number of primary amides is 1. The van der Waals surface area contributed by atoms with Crippen molar-refractivity contribution < 1.29 is 19.3 Å². The molecule has 0 aliphatic carbocycles. The summed E-state index contributed by atoms with van der Waals surface area (Å²) in [7, 11) is 0. The summed E-state index contributed by atoms with van der Waals surface area (Å²) in [4.78, 5) is 45.3. The molecule has 0 unspecified atom stereocenters. The van der Waals surface area contributed by atoms with Crippen LogP contribution in [0.4, 0.5) is 11.4 Å². The van der Waals surface area contributed by atoms with Crippen LogP contribution in [0.25, 0.3) is 0 Å². The molecule has 0 fully saturated rings. The van der Waals surface area contributed by atoms with Gasteiger partial charge in [-0.3, -0.25) is 24.5 Å². The fourth-order valence-electron chi connectivity index (χ4n) is 2.09. The Balaban J connectivity index is 2.07. The van der Waals surface area contributed by atoms with Gasteiger partial charge in [-0.1, -0.05) is 12.1 Å². The highest BCUT2D eigenvalue weighted by molar-refractivity contribution is 8.00. The minimum absolute atomic E-state index is 0.0200. The number of amides is 2. The summed E-state index contributed by atoms with van der Waals surface area (Å²) >= 11 is 0.961. The van der Waals surface area contributed by atoms with Gasteiger partial charge in [0.2, 0.25) is 11.8 Å². The van der Waals surface area contributed by atoms with E-state index in [0.717, 1.165) is 17.8 Å². The second kappa shape index (κ2) is 8.26. The van der Waals surface area contributed by atoms with Gasteiger partial charge in [0.25, 0.3) is 5.69 Å². The van der Waals surface area contributed by atoms with Crippen LogP contribution in [0.3, 0.4) is 0 Å². The molecule has 2 rings (SSSR count). The Labute approximate surface area is 152 Å². The van der Waals surface area contributed by atoms with Crippen LogP contribution in [0.2, 0.25) is 0 Å². The van der Waals surface area contributed by atoms with Crippen molar-refractivity contribution in [2.45, 2.75) is 11.8 Å². The van der Waals surface area contributed by atoms with Crippen LogP contribution in [-0.2, 0) is 4.79 Å². The van der Waals surface area contributed by atoms with E-state index in [1.807, 2.05) is 0 Å². The molecule has 0 bridgehead atoms. The number of nitrogens with two attached hydrogens (primary N) is 1. The molecular weight excluding hydrogens is 358 g/mol. The number of hydrogen-bond acceptors (Lipinski definition) is 6. The molecule has 2 amide bonds. The van der Waals surface area contributed by atoms with Crippen LogP contribution < -0.4 is 11.1 Å². The molecule has 0 aliphatic rings. The van der Waals surface area contributed by atoms with Crippen molar-refractivity contribution in [1.29, 1.82) is 0 Å². The number of nitro groups is 1. The van der Waals surface area contributed by atoms with Gasteiger partial charge in [-0.15, -0.1) is 11.8 Å². The molecule has 0 aliphatic heterocycles. The van der Waals surface area contributed by atoms with Gasteiger partial charge < -0.3 is 11.1 Å². The summed E-state index contributed by atoms with van der Waals surface area (Å²) in [6.45, 7) is 1.42. The van der Waals surface area contributed by atoms with E-state index >= 15 is 0 Å². The van der Waals surface area contributed by atoms with Crippen LogP contribution in [0.5, 0.6) is 0 Å². The Kier molecular flexibility index (Phi) is 6.07. The van der Waals surface area contributed by atoms with Crippen molar-refractivity contribution in [2.24, 2.45) is 5.73 Å². The summed E-state index contributed by atoms with van der Waals surface area (Å²) in [5.74, 6) is -1.36. The quantitative estimate of drug-likeness (QED) is 0.332. The third-order valence-electron chi connectivity index (χ3n) is 3.35. The van der Waals surface area contributed by atoms with E-state index in [0.29, 0.717) is 11.3 Å². The van der Waals surface area contributed by atoms with E-state index in [1.54, 1.807) is 24.3 Å². The molecule has 0 saturated heterocycles. The van der Waals surface area contributed by atoms with Crippen molar-refractivity contribution >= 4 is 40.7 Å². The third kappa shape index (κ3) is 4.90. The lowest BCUT2D eigenvalue weighted by Gasteiger charge is -2.07. The molecule has 9 heteroatoms. The van der Waals surface area contributed by atoms with Crippen molar-refractivity contribution in [3.63, 3.8) is 0 Å². The maximum Gasteiger partial charge on any atom is 0.283 e. The summed E-state index contributed by atoms with van der Waals surface area (Å²) in [5, 5.41) is 13.8. The predicted octanol–water partition coefficient (Wildman–Crippen LogP) is 2.63. The Morgan fingerprint density at radius 2 is 1.88 bits per heavy atom. The lowest BCUT2D eigenvalue weighted by atomic mass is 10.1. The number of nitrogens with zero attached hydrogens (tertiary/aromatic N) is 1. The monoisotopic (exact) mass is 373 g/mol. The predicted molar refractivity (Wildman–Crippen MR) is 97.4 cm³/mol. The number of thioether (sulfide) groups is 1. The van der Waals surface area contributed by atoms with Crippen LogP contribution >= 0.6 is 11.8 Å². The molecule has 8 nitrogen and oxygen atoms in total. The molecule has 134 valence electrons. The van der Waals surface area contributed by atoms with Crippen LogP contribution in [0.15, 0.2) is 47.4 Å². The van der Waals surface area contributed by atoms with Crippen molar-refractivity contribution in [3.05, 3.63) is 63.7 Å². The molecule has 2 aromatic carbocycles. The van der Waals surface area contributed by atoms with Crippen LogP contribution in [0.1, 0.15) is 27.6 Å². The first-order chi connectivity index (χ1) is 12.3. The Hall–Kier alpha value is -3.20. The summed E-state index contributed by atoms with van der Waals surface area (Å²) < 4.78 is 0. The second-order valence-electron chi connectivity index (χ2n) is 5.28. The summed E-state index contributed by atoms with van der Waals surface area (Å²) in [5.41, 5.74) is 5.77. The standard InChI is InChI=1S/C17H15N3O5S/c1-10(21)11-3-2-4-13(7-11)19-16(22)9-26-15-6-5-12(17(18)23)8-14(15)20(24)25/h2-8H,9H2,1H3,(H2,18,23)(H,19,22). The number of ketones is 1. The number of carbonyl (C=O) groups is 3. The number of hydrogen-bond donors (Lipinski definition) is 2. The zero-order chi connectivity index (χ0) is 19.3. The second-order valence-corrected chi connectivity index (χ2v) is 6.29. The maximum absolute atomic E-state index is 12.1. The first kappa shape index (κ1) is 19.1. The number of rotatable bonds is 7. The number of anilines is 1. The number of Topliss-reactive ketones (excluding diaryl/α,β-unsaturated/α-hetero) is 1. The average molecular weight is 373 g/mol. The summed E-state index contributed by atoms with van der Waals surface area (Å²) in [6, 6.07) is 10.3. The molecule has 0 aromatic heterocycles. The van der Waals surface area contributed by atoms with E-state index in [9.17, 15) is 24.5 Å². The number of carbonyl (C=O) groups excluding carboxylic acids is 3. The lowest BCUT2D eigenvalue weighted by Crippen LogP contribution is -2.14. The van der Waals surface area contributed by atoms with E-state index in [4.69, 9.17) is 5.73 Å². The molecule has 2 aromatic rings. The normalized spacial score (nSPS) is 10.2. The zero-order valence-corrected chi connectivity index (χ0v) is 14.5. The van der Waals surface area contributed by atoms with Gasteiger partial charge >= 0.3 is 0 Å². The van der Waals surface area contributed by atoms with Gasteiger partial charge in [0.15, 0.2) is 5.78 Å². The van der Waals surface area contributed by atoms with Gasteiger partial charge in [-0.2, -0.15) is 0 Å². The van der Waals surface area contributed by atoms with Gasteiger partial charge in [-0.05, 0) is 31.2 Å². The van der Waals surface area contributed by atoms with Gasteiger partial charge in [-0.25, -0.2) is 0 Å². The highest BCUT2D eigenvalue weighted by atomic mass is 32.2. The van der Waals surface area contributed by atoms with Gasteiger partial charge in [0, 0.05) is 22.9 Å². The van der Waals surface area contributed by atoms with Crippen LogP contribution in [0, 0.1) is 10.1 Å². The summed E-state index contributed by atoms with van der Waals surface area (Å²) in [6.07, 6.45) is 0. The molecule has 26 heavy (non-hydrogen) atoms. The zero-order valence-electron chi connectivity index (χ0n) is 13.7. The van der Waals surface area contributed by atoms with Gasteiger partial charge in [0.05, 0.1) is 15.6 Å². The Bertz CT molecular complexity index is 898. The highest BCUT2D eigenvalue weighted by Crippen LogP contribution is 2.30. The molecule has 0 saturated carbocycles. The SMILES string of the molecule is CC(=O)c1cccc(NC(=O)CSc2ccc(C(N)=O)cc2[N+](=O)[O-])c1.